The first-order chi connectivity index (χ1) is 17.4. The highest BCUT2D eigenvalue weighted by atomic mass is 32.1. The number of aryl methyl sites for hydroxylation is 1. The summed E-state index contributed by atoms with van der Waals surface area (Å²) in [6, 6.07) is 11.0. The summed E-state index contributed by atoms with van der Waals surface area (Å²) in [7, 11) is 2.97. The van der Waals surface area contributed by atoms with E-state index in [0.29, 0.717) is 22.7 Å². The van der Waals surface area contributed by atoms with Crippen molar-refractivity contribution in [1.29, 1.82) is 0 Å². The Labute approximate surface area is 219 Å². The van der Waals surface area contributed by atoms with Crippen LogP contribution >= 0.6 is 11.5 Å². The van der Waals surface area contributed by atoms with E-state index >= 15 is 0 Å². The van der Waals surface area contributed by atoms with E-state index in [0.717, 1.165) is 17.1 Å². The molecule has 10 nitrogen and oxygen atoms in total. The van der Waals surface area contributed by atoms with Crippen molar-refractivity contribution in [3.05, 3.63) is 64.2 Å². The molecule has 0 aliphatic carbocycles. The van der Waals surface area contributed by atoms with E-state index < -0.39 is 29.3 Å². The third-order valence-electron chi connectivity index (χ3n) is 5.42. The van der Waals surface area contributed by atoms with Crippen molar-refractivity contribution in [3.63, 3.8) is 0 Å². The van der Waals surface area contributed by atoms with E-state index in [1.165, 1.54) is 19.1 Å². The van der Waals surface area contributed by atoms with Gasteiger partial charge in [-0.25, -0.2) is 0 Å². The van der Waals surface area contributed by atoms with Crippen molar-refractivity contribution >= 4 is 40.6 Å². The van der Waals surface area contributed by atoms with Crippen LogP contribution in [0.2, 0.25) is 0 Å². The molecule has 0 radical (unpaired) electrons. The fourth-order valence-electron chi connectivity index (χ4n) is 3.70. The molecule has 0 aliphatic heterocycles. The molecule has 0 aliphatic rings. The largest absolute Gasteiger partial charge is 0.493 e. The maximum atomic E-state index is 14.1. The zero-order chi connectivity index (χ0) is 27.5. The zero-order valence-corrected chi connectivity index (χ0v) is 22.4. The Hall–Kier alpha value is -4.12. The normalized spacial score (nSPS) is 11.9. The van der Waals surface area contributed by atoms with E-state index in [1.807, 2.05) is 39.8 Å². The molecule has 1 atom stereocenters. The van der Waals surface area contributed by atoms with Crippen molar-refractivity contribution < 1.29 is 23.9 Å². The Balaban J connectivity index is 2.29. The van der Waals surface area contributed by atoms with Crippen molar-refractivity contribution in [2.75, 3.05) is 24.9 Å². The van der Waals surface area contributed by atoms with Crippen LogP contribution in [0.3, 0.4) is 0 Å². The monoisotopic (exact) mass is 525 g/mol. The van der Waals surface area contributed by atoms with Crippen LogP contribution in [-0.4, -0.2) is 41.9 Å². The van der Waals surface area contributed by atoms with Crippen LogP contribution in [0.5, 0.6) is 11.5 Å². The van der Waals surface area contributed by atoms with Crippen molar-refractivity contribution in [3.8, 4) is 11.5 Å². The number of hydrogen-bond acceptors (Lipinski definition) is 8. The highest BCUT2D eigenvalue weighted by molar-refractivity contribution is 7.09. The predicted molar refractivity (Wildman–Crippen MR) is 143 cm³/mol. The van der Waals surface area contributed by atoms with Crippen LogP contribution in [-0.2, 0) is 4.79 Å². The molecule has 0 saturated heterocycles. The van der Waals surface area contributed by atoms with Crippen molar-refractivity contribution in [2.24, 2.45) is 5.73 Å². The Kier molecular flexibility index (Phi) is 8.07. The fraction of sp³-hybridized carbons (Fsp3) is 0.308. The molecular weight excluding hydrogens is 494 g/mol. The van der Waals surface area contributed by atoms with E-state index in [-0.39, 0.29) is 16.3 Å². The third kappa shape index (κ3) is 6.00. The van der Waals surface area contributed by atoms with Gasteiger partial charge in [0.2, 0.25) is 5.91 Å². The first-order valence-corrected chi connectivity index (χ1v) is 12.1. The number of amides is 3. The zero-order valence-electron chi connectivity index (χ0n) is 21.6. The van der Waals surface area contributed by atoms with E-state index in [4.69, 9.17) is 20.9 Å². The SMILES string of the molecule is COc1ccc(N(C(=O)c2snc(C(N)=O)c2N)C(C(=O)NC(C)(C)C)c2ccc(C)cc2)cc1OC. The molecule has 0 fully saturated rings. The van der Waals surface area contributed by atoms with Gasteiger partial charge in [-0.05, 0) is 56.9 Å². The number of primary amides is 1. The van der Waals surface area contributed by atoms with Gasteiger partial charge in [0.25, 0.3) is 11.8 Å². The molecule has 1 unspecified atom stereocenters. The third-order valence-corrected chi connectivity index (χ3v) is 6.27. The molecule has 3 amide bonds. The number of anilines is 2. The lowest BCUT2D eigenvalue weighted by atomic mass is 9.99. The summed E-state index contributed by atoms with van der Waals surface area (Å²) in [6.07, 6.45) is 0. The average Bonchev–Trinajstić information content (AvgIpc) is 3.22. The van der Waals surface area contributed by atoms with Crippen LogP contribution in [0.15, 0.2) is 42.5 Å². The second kappa shape index (κ2) is 10.9. The number of nitrogens with two attached hydrogens (primary N) is 2. The van der Waals surface area contributed by atoms with Gasteiger partial charge in [0.05, 0.1) is 19.9 Å². The first-order valence-electron chi connectivity index (χ1n) is 11.4. The number of benzene rings is 2. The van der Waals surface area contributed by atoms with Gasteiger partial charge < -0.3 is 26.3 Å². The van der Waals surface area contributed by atoms with Crippen LogP contribution in [0.25, 0.3) is 0 Å². The molecule has 2 aromatic carbocycles. The molecule has 196 valence electrons. The van der Waals surface area contributed by atoms with Gasteiger partial charge in [-0.1, -0.05) is 29.8 Å². The highest BCUT2D eigenvalue weighted by Crippen LogP contribution is 2.38. The summed E-state index contributed by atoms with van der Waals surface area (Å²) in [5.74, 6) is -1.11. The summed E-state index contributed by atoms with van der Waals surface area (Å²) in [6.45, 7) is 7.47. The standard InChI is InChI=1S/C26H31N5O5S/c1-14-7-9-15(10-8-14)21(24(33)29-26(2,3)4)31(16-11-12-17(35-5)18(13-16)36-6)25(34)22-19(27)20(23(28)32)30-37-22/h7-13,21H,27H2,1-6H3,(H2,28,32)(H,29,33). The molecule has 1 heterocycles. The highest BCUT2D eigenvalue weighted by Gasteiger charge is 2.37. The number of nitrogens with one attached hydrogen (secondary N) is 1. The Bertz CT molecular complexity index is 1310. The molecule has 3 aromatic rings. The predicted octanol–water partition coefficient (Wildman–Crippen LogP) is 3.45. The summed E-state index contributed by atoms with van der Waals surface area (Å²) < 4.78 is 14.8. The van der Waals surface area contributed by atoms with Gasteiger partial charge in [-0.2, -0.15) is 4.37 Å². The van der Waals surface area contributed by atoms with E-state index in [2.05, 4.69) is 9.69 Å². The van der Waals surface area contributed by atoms with Gasteiger partial charge in [-0.3, -0.25) is 19.3 Å². The number of nitrogen functional groups attached to an aromatic ring is 1. The number of rotatable bonds is 8. The molecule has 1 aromatic heterocycles. The van der Waals surface area contributed by atoms with Crippen molar-refractivity contribution in [1.82, 2.24) is 9.69 Å². The number of methoxy groups -OCH3 is 2. The minimum absolute atomic E-state index is 0.0238. The summed E-state index contributed by atoms with van der Waals surface area (Å²) in [5, 5.41) is 2.97. The second-order valence-corrected chi connectivity index (χ2v) is 10.2. The Morgan fingerprint density at radius 1 is 1.03 bits per heavy atom. The topological polar surface area (TPSA) is 150 Å². The quantitative estimate of drug-likeness (QED) is 0.408. The lowest BCUT2D eigenvalue weighted by Gasteiger charge is -2.34. The van der Waals surface area contributed by atoms with Crippen molar-refractivity contribution in [2.45, 2.75) is 39.3 Å². The Morgan fingerprint density at radius 3 is 2.16 bits per heavy atom. The minimum Gasteiger partial charge on any atom is -0.493 e. The lowest BCUT2D eigenvalue weighted by molar-refractivity contribution is -0.123. The van der Waals surface area contributed by atoms with Crippen LogP contribution in [0.1, 0.15) is 58.1 Å². The number of ether oxygens (including phenoxy) is 2. The number of carbonyl (C=O) groups excluding carboxylic acids is 3. The maximum absolute atomic E-state index is 14.1. The average molecular weight is 526 g/mol. The molecule has 0 saturated carbocycles. The molecule has 11 heteroatoms. The molecular formula is C26H31N5O5S. The fourth-order valence-corrected chi connectivity index (χ4v) is 4.44. The van der Waals surface area contributed by atoms with Gasteiger partial charge in [-0.15, -0.1) is 0 Å². The number of aromatic nitrogens is 1. The van der Waals surface area contributed by atoms with Gasteiger partial charge in [0.15, 0.2) is 17.2 Å². The molecule has 0 bridgehead atoms. The molecule has 0 spiro atoms. The minimum atomic E-state index is -1.11. The number of hydrogen-bond donors (Lipinski definition) is 3. The smallest absolute Gasteiger partial charge is 0.273 e. The van der Waals surface area contributed by atoms with Gasteiger partial charge in [0.1, 0.15) is 10.9 Å². The Morgan fingerprint density at radius 2 is 1.65 bits per heavy atom. The number of nitrogens with zero attached hydrogens (tertiary/aromatic N) is 2. The van der Waals surface area contributed by atoms with Gasteiger partial charge >= 0.3 is 0 Å². The van der Waals surface area contributed by atoms with Crippen LogP contribution < -0.4 is 31.2 Å². The number of carbonyl (C=O) groups is 3. The second-order valence-electron chi connectivity index (χ2n) is 9.41. The maximum Gasteiger partial charge on any atom is 0.273 e. The summed E-state index contributed by atoms with van der Waals surface area (Å²) >= 11 is 0.738. The molecule has 37 heavy (non-hydrogen) atoms. The van der Waals surface area contributed by atoms with E-state index in [1.54, 1.807) is 30.3 Å². The first kappa shape index (κ1) is 27.5. The van der Waals surface area contributed by atoms with Crippen LogP contribution in [0.4, 0.5) is 11.4 Å². The lowest BCUT2D eigenvalue weighted by Crippen LogP contribution is -2.49. The van der Waals surface area contributed by atoms with E-state index in [9.17, 15) is 14.4 Å². The summed E-state index contributed by atoms with van der Waals surface area (Å²) in [4.78, 5) is 41.0. The molecule has 5 N–H and O–H groups in total. The summed E-state index contributed by atoms with van der Waals surface area (Å²) in [5.41, 5.74) is 12.4. The molecule has 3 rings (SSSR count). The van der Waals surface area contributed by atoms with Crippen LogP contribution in [0, 0.1) is 6.92 Å². The van der Waals surface area contributed by atoms with Gasteiger partial charge in [0, 0.05) is 17.3 Å².